The van der Waals surface area contributed by atoms with Crippen LogP contribution in [0, 0.1) is 0 Å². The number of ether oxygens (including phenoxy) is 3. The van der Waals surface area contributed by atoms with Gasteiger partial charge in [0.25, 0.3) is 0 Å². The zero-order valence-electron chi connectivity index (χ0n) is 14.8. The van der Waals surface area contributed by atoms with Crippen LogP contribution in [0.5, 0.6) is 11.5 Å². The van der Waals surface area contributed by atoms with Gasteiger partial charge in [-0.25, -0.2) is 0 Å². The second kappa shape index (κ2) is 8.67. The molecule has 0 N–H and O–H groups in total. The molecule has 0 bridgehead atoms. The van der Waals surface area contributed by atoms with Crippen LogP contribution in [0.1, 0.15) is 12.5 Å². The molecule has 138 valence electrons. The number of benzene rings is 2. The molecule has 3 aromatic rings. The lowest BCUT2D eigenvalue weighted by Gasteiger charge is -2.07. The second-order valence-electron chi connectivity index (χ2n) is 5.80. The van der Waals surface area contributed by atoms with E-state index in [1.54, 1.807) is 7.11 Å². The first-order chi connectivity index (χ1) is 12.6. The van der Waals surface area contributed by atoms with Crippen molar-refractivity contribution in [3.63, 3.8) is 0 Å². The molecule has 0 spiro atoms. The van der Waals surface area contributed by atoms with E-state index in [-0.39, 0.29) is 0 Å². The standard InChI is InChI=1S/C20H21Cl2NO3/c1-3-25-8-9-26-20-13-23(12-14-4-6-17(21)18(22)10-14)19-7-5-15(24-2)11-16(19)20/h4-7,10-11,13H,3,8-9,12H2,1-2H3. The fourth-order valence-electron chi connectivity index (χ4n) is 2.81. The van der Waals surface area contributed by atoms with Gasteiger partial charge in [0.15, 0.2) is 0 Å². The lowest BCUT2D eigenvalue weighted by atomic mass is 10.2. The fraction of sp³-hybridized carbons (Fsp3) is 0.300. The highest BCUT2D eigenvalue weighted by Crippen LogP contribution is 2.32. The number of halogens is 2. The van der Waals surface area contributed by atoms with Crippen LogP contribution in [0.25, 0.3) is 10.9 Å². The molecule has 0 amide bonds. The van der Waals surface area contributed by atoms with Crippen molar-refractivity contribution in [2.24, 2.45) is 0 Å². The van der Waals surface area contributed by atoms with Crippen LogP contribution in [-0.4, -0.2) is 31.5 Å². The van der Waals surface area contributed by atoms with E-state index in [1.807, 2.05) is 49.5 Å². The fourth-order valence-corrected chi connectivity index (χ4v) is 3.13. The van der Waals surface area contributed by atoms with Crippen molar-refractivity contribution < 1.29 is 14.2 Å². The SMILES string of the molecule is CCOCCOc1cn(Cc2ccc(Cl)c(Cl)c2)c2ccc(OC)cc12. The van der Waals surface area contributed by atoms with Crippen LogP contribution in [0.4, 0.5) is 0 Å². The third kappa shape index (κ3) is 4.26. The smallest absolute Gasteiger partial charge is 0.145 e. The Kier molecular flexibility index (Phi) is 6.30. The summed E-state index contributed by atoms with van der Waals surface area (Å²) in [5.74, 6) is 1.60. The molecule has 0 aliphatic carbocycles. The predicted octanol–water partition coefficient (Wildman–Crippen LogP) is 5.42. The molecule has 4 nitrogen and oxygen atoms in total. The lowest BCUT2D eigenvalue weighted by Crippen LogP contribution is -2.06. The molecule has 0 aliphatic heterocycles. The molecular formula is C20H21Cl2NO3. The van der Waals surface area contributed by atoms with E-state index in [1.165, 1.54) is 0 Å². The van der Waals surface area contributed by atoms with E-state index in [0.717, 1.165) is 28.0 Å². The van der Waals surface area contributed by atoms with Crippen molar-refractivity contribution in [2.45, 2.75) is 13.5 Å². The minimum atomic E-state index is 0.497. The summed E-state index contributed by atoms with van der Waals surface area (Å²) in [7, 11) is 1.66. The van der Waals surface area contributed by atoms with Crippen molar-refractivity contribution in [3.05, 3.63) is 58.2 Å². The number of fused-ring (bicyclic) bond motifs is 1. The van der Waals surface area contributed by atoms with Gasteiger partial charge in [-0.15, -0.1) is 0 Å². The van der Waals surface area contributed by atoms with E-state index < -0.39 is 0 Å². The summed E-state index contributed by atoms with van der Waals surface area (Å²) >= 11 is 12.2. The molecule has 0 unspecified atom stereocenters. The van der Waals surface area contributed by atoms with Crippen LogP contribution in [-0.2, 0) is 11.3 Å². The van der Waals surface area contributed by atoms with Crippen LogP contribution in [0.2, 0.25) is 10.0 Å². The number of methoxy groups -OCH3 is 1. The highest BCUT2D eigenvalue weighted by molar-refractivity contribution is 6.42. The number of nitrogens with zero attached hydrogens (tertiary/aromatic N) is 1. The first kappa shape index (κ1) is 18.9. The highest BCUT2D eigenvalue weighted by atomic mass is 35.5. The highest BCUT2D eigenvalue weighted by Gasteiger charge is 2.12. The second-order valence-corrected chi connectivity index (χ2v) is 6.61. The summed E-state index contributed by atoms with van der Waals surface area (Å²) in [5, 5.41) is 2.11. The molecule has 0 aliphatic rings. The molecule has 6 heteroatoms. The van der Waals surface area contributed by atoms with Crippen molar-refractivity contribution in [1.82, 2.24) is 4.57 Å². The average Bonchev–Trinajstić information content (AvgIpc) is 2.98. The Morgan fingerprint density at radius 3 is 2.58 bits per heavy atom. The largest absolute Gasteiger partial charge is 0.497 e. The molecule has 0 saturated heterocycles. The molecule has 0 atom stereocenters. The van der Waals surface area contributed by atoms with E-state index >= 15 is 0 Å². The van der Waals surface area contributed by atoms with Gasteiger partial charge < -0.3 is 18.8 Å². The molecule has 3 rings (SSSR count). The maximum atomic E-state index is 6.14. The Balaban J connectivity index is 1.92. The molecule has 1 heterocycles. The van der Waals surface area contributed by atoms with Gasteiger partial charge in [0, 0.05) is 24.7 Å². The first-order valence-corrected chi connectivity index (χ1v) is 9.19. The normalized spacial score (nSPS) is 11.1. The summed E-state index contributed by atoms with van der Waals surface area (Å²) in [5.41, 5.74) is 2.12. The first-order valence-electron chi connectivity index (χ1n) is 8.43. The quantitative estimate of drug-likeness (QED) is 0.478. The Morgan fingerprint density at radius 1 is 1.00 bits per heavy atom. The van der Waals surface area contributed by atoms with Gasteiger partial charge in [0.2, 0.25) is 0 Å². The van der Waals surface area contributed by atoms with E-state index in [4.69, 9.17) is 37.4 Å². The van der Waals surface area contributed by atoms with Crippen molar-refractivity contribution >= 4 is 34.1 Å². The maximum Gasteiger partial charge on any atom is 0.145 e. The lowest BCUT2D eigenvalue weighted by molar-refractivity contribution is 0.110. The van der Waals surface area contributed by atoms with E-state index in [0.29, 0.717) is 36.4 Å². The van der Waals surface area contributed by atoms with Gasteiger partial charge in [-0.1, -0.05) is 29.3 Å². The zero-order chi connectivity index (χ0) is 18.5. The summed E-state index contributed by atoms with van der Waals surface area (Å²) in [6, 6.07) is 11.6. The minimum Gasteiger partial charge on any atom is -0.497 e. The Morgan fingerprint density at radius 2 is 1.85 bits per heavy atom. The Hall–Kier alpha value is -1.88. The molecule has 0 saturated carbocycles. The van der Waals surface area contributed by atoms with Gasteiger partial charge >= 0.3 is 0 Å². The Labute approximate surface area is 163 Å². The van der Waals surface area contributed by atoms with Gasteiger partial charge in [-0.05, 0) is 42.8 Å². The summed E-state index contributed by atoms with van der Waals surface area (Å²) in [6.45, 7) is 4.36. The number of aromatic nitrogens is 1. The van der Waals surface area contributed by atoms with Crippen LogP contribution >= 0.6 is 23.2 Å². The zero-order valence-corrected chi connectivity index (χ0v) is 16.3. The molecule has 26 heavy (non-hydrogen) atoms. The van der Waals surface area contributed by atoms with Gasteiger partial charge in [0.1, 0.15) is 18.1 Å². The summed E-state index contributed by atoms with van der Waals surface area (Å²) in [6.07, 6.45) is 2.00. The third-order valence-electron chi connectivity index (χ3n) is 4.08. The number of hydrogen-bond donors (Lipinski definition) is 0. The Bertz CT molecular complexity index is 892. The van der Waals surface area contributed by atoms with E-state index in [9.17, 15) is 0 Å². The summed E-state index contributed by atoms with van der Waals surface area (Å²) < 4.78 is 18.8. The topological polar surface area (TPSA) is 32.6 Å². The van der Waals surface area contributed by atoms with Crippen LogP contribution in [0.3, 0.4) is 0 Å². The van der Waals surface area contributed by atoms with Crippen molar-refractivity contribution in [3.8, 4) is 11.5 Å². The van der Waals surface area contributed by atoms with E-state index in [2.05, 4.69) is 4.57 Å². The minimum absolute atomic E-state index is 0.497. The monoisotopic (exact) mass is 393 g/mol. The van der Waals surface area contributed by atoms with Crippen molar-refractivity contribution in [2.75, 3.05) is 26.9 Å². The van der Waals surface area contributed by atoms with Gasteiger partial charge in [0.05, 0.1) is 29.3 Å². The number of hydrogen-bond acceptors (Lipinski definition) is 3. The molecule has 0 radical (unpaired) electrons. The average molecular weight is 394 g/mol. The molecule has 2 aromatic carbocycles. The van der Waals surface area contributed by atoms with Crippen molar-refractivity contribution in [1.29, 1.82) is 0 Å². The van der Waals surface area contributed by atoms with Gasteiger partial charge in [-0.3, -0.25) is 0 Å². The van der Waals surface area contributed by atoms with Crippen LogP contribution < -0.4 is 9.47 Å². The predicted molar refractivity (Wildman–Crippen MR) is 106 cm³/mol. The van der Waals surface area contributed by atoms with Crippen LogP contribution in [0.15, 0.2) is 42.6 Å². The molecule has 1 aromatic heterocycles. The third-order valence-corrected chi connectivity index (χ3v) is 4.82. The number of rotatable bonds is 8. The molecule has 0 fully saturated rings. The molecular weight excluding hydrogens is 373 g/mol. The summed E-state index contributed by atoms with van der Waals surface area (Å²) in [4.78, 5) is 0. The van der Waals surface area contributed by atoms with Gasteiger partial charge in [-0.2, -0.15) is 0 Å². The maximum absolute atomic E-state index is 6.14.